The summed E-state index contributed by atoms with van der Waals surface area (Å²) < 4.78 is 1.97. The molecule has 0 spiro atoms. The normalized spacial score (nSPS) is 36.8. The molecule has 2 aromatic heterocycles. The van der Waals surface area contributed by atoms with E-state index in [2.05, 4.69) is 22.1 Å². The highest BCUT2D eigenvalue weighted by atomic mass is 16.4. The van der Waals surface area contributed by atoms with Crippen LogP contribution in [-0.2, 0) is 11.2 Å². The summed E-state index contributed by atoms with van der Waals surface area (Å²) in [5, 5.41) is 9.86. The molecule has 134 valence electrons. The van der Waals surface area contributed by atoms with E-state index < -0.39 is 11.4 Å². The number of rotatable bonds is 2. The van der Waals surface area contributed by atoms with E-state index in [1.54, 1.807) is 6.20 Å². The zero-order valence-corrected chi connectivity index (χ0v) is 14.4. The number of carboxylic acid groups (broad SMARTS) is 1. The molecular weight excluding hydrogens is 330 g/mol. The van der Waals surface area contributed by atoms with E-state index in [-0.39, 0.29) is 23.6 Å². The molecule has 6 heteroatoms. The molecule has 2 unspecified atom stereocenters. The van der Waals surface area contributed by atoms with E-state index in [1.807, 2.05) is 4.57 Å². The fourth-order valence-electron chi connectivity index (χ4n) is 6.77. The van der Waals surface area contributed by atoms with Gasteiger partial charge in [-0.25, -0.2) is 4.79 Å². The number of aromatic nitrogens is 3. The molecule has 2 aromatic rings. The smallest absolute Gasteiger partial charge is 0.326 e. The van der Waals surface area contributed by atoms with Crippen molar-refractivity contribution in [3.8, 4) is 0 Å². The van der Waals surface area contributed by atoms with Crippen LogP contribution < -0.4 is 5.69 Å². The minimum absolute atomic E-state index is 0.0719. The highest BCUT2D eigenvalue weighted by molar-refractivity contribution is 5.87. The highest BCUT2D eigenvalue weighted by Crippen LogP contribution is 2.63. The van der Waals surface area contributed by atoms with Crippen molar-refractivity contribution in [1.29, 1.82) is 0 Å². The van der Waals surface area contributed by atoms with Crippen molar-refractivity contribution < 1.29 is 9.90 Å². The monoisotopic (exact) mass is 351 g/mol. The first-order chi connectivity index (χ1) is 12.6. The summed E-state index contributed by atoms with van der Waals surface area (Å²) in [5.74, 6) is 0.439. The number of hydrogen-bond acceptors (Lipinski definition) is 3. The summed E-state index contributed by atoms with van der Waals surface area (Å²) in [6.07, 6.45) is 11.1. The maximum atomic E-state index is 12.9. The van der Waals surface area contributed by atoms with Crippen LogP contribution in [0.15, 0.2) is 17.1 Å². The van der Waals surface area contributed by atoms with E-state index in [4.69, 9.17) is 0 Å². The Morgan fingerprint density at radius 2 is 2.04 bits per heavy atom. The number of fused-ring (bicyclic) bond motifs is 3. The lowest BCUT2D eigenvalue weighted by molar-refractivity contribution is -0.169. The van der Waals surface area contributed by atoms with Gasteiger partial charge >= 0.3 is 11.7 Å². The molecule has 7 rings (SSSR count). The van der Waals surface area contributed by atoms with Crippen molar-refractivity contribution >= 4 is 23.1 Å². The van der Waals surface area contributed by atoms with Gasteiger partial charge in [-0.05, 0) is 49.9 Å². The van der Waals surface area contributed by atoms with Gasteiger partial charge in [-0.2, -0.15) is 0 Å². The zero-order valence-electron chi connectivity index (χ0n) is 14.4. The standard InChI is InChI=1S/C20H21N3O3/c24-18(25)20-6-10-4-11(7-20)16(12(5-10)8-20)23-17-13-2-1-3-14(13)21-9-15(17)22-19(23)26/h1-2,9-12,16H,3-8H2,(H,22,26)(H,24,25). The van der Waals surface area contributed by atoms with Crippen molar-refractivity contribution in [2.75, 3.05) is 0 Å². The van der Waals surface area contributed by atoms with Crippen LogP contribution in [0.2, 0.25) is 0 Å². The van der Waals surface area contributed by atoms with Crippen molar-refractivity contribution in [2.45, 2.75) is 44.6 Å². The topological polar surface area (TPSA) is 88.0 Å². The second kappa shape index (κ2) is 4.67. The van der Waals surface area contributed by atoms with Gasteiger partial charge in [0.2, 0.25) is 0 Å². The number of hydrogen-bond donors (Lipinski definition) is 2. The van der Waals surface area contributed by atoms with Gasteiger partial charge in [0.25, 0.3) is 0 Å². The Morgan fingerprint density at radius 1 is 1.27 bits per heavy atom. The van der Waals surface area contributed by atoms with Crippen molar-refractivity contribution in [2.24, 2.45) is 23.2 Å². The summed E-state index contributed by atoms with van der Waals surface area (Å²) >= 11 is 0. The van der Waals surface area contributed by atoms with Gasteiger partial charge in [0, 0.05) is 18.0 Å². The minimum atomic E-state index is -0.630. The Hall–Kier alpha value is -2.37. The van der Waals surface area contributed by atoms with Gasteiger partial charge in [0.05, 0.1) is 28.3 Å². The fourth-order valence-corrected chi connectivity index (χ4v) is 6.77. The number of carboxylic acids is 1. The van der Waals surface area contributed by atoms with E-state index in [9.17, 15) is 14.7 Å². The number of carbonyl (C=O) groups is 1. The zero-order chi connectivity index (χ0) is 17.6. The van der Waals surface area contributed by atoms with Crippen LogP contribution in [0.5, 0.6) is 0 Å². The van der Waals surface area contributed by atoms with E-state index in [0.29, 0.717) is 18.8 Å². The third-order valence-electron chi connectivity index (χ3n) is 7.44. The predicted molar refractivity (Wildman–Crippen MR) is 95.8 cm³/mol. The number of pyridine rings is 1. The second-order valence-electron chi connectivity index (χ2n) is 8.83. The van der Waals surface area contributed by atoms with Crippen LogP contribution in [0.1, 0.15) is 49.4 Å². The first kappa shape index (κ1) is 14.8. The van der Waals surface area contributed by atoms with Crippen LogP contribution in [0, 0.1) is 23.2 Å². The largest absolute Gasteiger partial charge is 0.481 e. The van der Waals surface area contributed by atoms with E-state index in [1.165, 1.54) is 0 Å². The average molecular weight is 351 g/mol. The first-order valence-electron chi connectivity index (χ1n) is 9.58. The summed E-state index contributed by atoms with van der Waals surface area (Å²) in [7, 11) is 0. The molecule has 0 aliphatic heterocycles. The number of aromatic amines is 1. The Bertz CT molecular complexity index is 1030. The third-order valence-corrected chi connectivity index (χ3v) is 7.44. The van der Waals surface area contributed by atoms with Crippen molar-refractivity contribution in [3.05, 3.63) is 34.0 Å². The lowest BCUT2D eigenvalue weighted by Crippen LogP contribution is -2.55. The number of aliphatic carboxylic acids is 1. The second-order valence-corrected chi connectivity index (χ2v) is 8.83. The summed E-state index contributed by atoms with van der Waals surface area (Å²) in [5.41, 5.74) is 3.22. The van der Waals surface area contributed by atoms with E-state index in [0.717, 1.165) is 48.0 Å². The van der Waals surface area contributed by atoms with Gasteiger partial charge < -0.3 is 10.1 Å². The molecule has 5 aliphatic carbocycles. The highest BCUT2D eigenvalue weighted by Gasteiger charge is 2.59. The van der Waals surface area contributed by atoms with Gasteiger partial charge in [-0.1, -0.05) is 12.2 Å². The molecule has 4 bridgehead atoms. The maximum absolute atomic E-state index is 12.9. The summed E-state index contributed by atoms with van der Waals surface area (Å²) in [4.78, 5) is 32.4. The van der Waals surface area contributed by atoms with Crippen LogP contribution in [0.4, 0.5) is 0 Å². The van der Waals surface area contributed by atoms with Gasteiger partial charge in [0.1, 0.15) is 0 Å². The molecule has 2 atom stereocenters. The van der Waals surface area contributed by atoms with Gasteiger partial charge in [0.15, 0.2) is 0 Å². The quantitative estimate of drug-likeness (QED) is 0.871. The van der Waals surface area contributed by atoms with Crippen molar-refractivity contribution in [1.82, 2.24) is 14.5 Å². The molecule has 2 heterocycles. The summed E-state index contributed by atoms with van der Waals surface area (Å²) in [6.45, 7) is 0. The molecule has 6 nitrogen and oxygen atoms in total. The Kier molecular flexibility index (Phi) is 2.65. The van der Waals surface area contributed by atoms with Gasteiger partial charge in [-0.15, -0.1) is 0 Å². The SMILES string of the molecule is O=C(O)C12CC3CC(C1)C(n1c(=O)[nH]c4cnc5c(c41)C=CC5)C(C3)C2. The van der Waals surface area contributed by atoms with Gasteiger partial charge in [-0.3, -0.25) is 14.3 Å². The molecule has 0 saturated heterocycles. The molecule has 5 aliphatic rings. The molecule has 4 saturated carbocycles. The number of imidazole rings is 1. The molecule has 26 heavy (non-hydrogen) atoms. The molecule has 2 N–H and O–H groups in total. The Morgan fingerprint density at radius 3 is 2.77 bits per heavy atom. The van der Waals surface area contributed by atoms with E-state index >= 15 is 0 Å². The van der Waals surface area contributed by atoms with Crippen LogP contribution in [0.3, 0.4) is 0 Å². The molecule has 4 fully saturated rings. The molecule has 0 radical (unpaired) electrons. The fraction of sp³-hybridized carbons (Fsp3) is 0.550. The summed E-state index contributed by atoms with van der Waals surface area (Å²) in [6, 6.07) is 0.112. The van der Waals surface area contributed by atoms with Crippen LogP contribution in [0.25, 0.3) is 17.1 Å². The van der Waals surface area contributed by atoms with Crippen LogP contribution in [-0.4, -0.2) is 25.6 Å². The first-order valence-corrected chi connectivity index (χ1v) is 9.58. The lowest BCUT2D eigenvalue weighted by atomic mass is 9.48. The average Bonchev–Trinajstić information content (AvgIpc) is 3.18. The van der Waals surface area contributed by atoms with Crippen LogP contribution >= 0.6 is 0 Å². The maximum Gasteiger partial charge on any atom is 0.326 e. The molecule has 0 amide bonds. The predicted octanol–water partition coefficient (Wildman–Crippen LogP) is 2.75. The Labute approximate surface area is 149 Å². The number of nitrogens with zero attached hydrogens (tertiary/aromatic N) is 2. The third kappa shape index (κ3) is 1.70. The number of allylic oxidation sites excluding steroid dienone is 1. The van der Waals surface area contributed by atoms with Crippen molar-refractivity contribution in [3.63, 3.8) is 0 Å². The minimum Gasteiger partial charge on any atom is -0.481 e. The number of H-pyrrole nitrogens is 1. The molecular formula is C20H21N3O3. The molecule has 0 aromatic carbocycles. The lowest BCUT2D eigenvalue weighted by Gasteiger charge is -2.58. The number of nitrogens with one attached hydrogen (secondary N) is 1. The Balaban J connectivity index is 1.54.